The number of allylic oxidation sites excluding steroid dienone is 2. The molecule has 10 heteroatoms. The summed E-state index contributed by atoms with van der Waals surface area (Å²) in [6.07, 6.45) is 14.8. The summed E-state index contributed by atoms with van der Waals surface area (Å²) in [5.74, 6) is 0.0828. The summed E-state index contributed by atoms with van der Waals surface area (Å²) < 4.78 is 0. The smallest absolute Gasteiger partial charge is 0.244 e. The Morgan fingerprint density at radius 2 is 1.83 bits per heavy atom. The quantitative estimate of drug-likeness (QED) is 0.158. The Bertz CT molecular complexity index is 873. The molecule has 0 heterocycles. The van der Waals surface area contributed by atoms with Crippen molar-refractivity contribution in [2.75, 3.05) is 13.6 Å². The van der Waals surface area contributed by atoms with E-state index < -0.39 is 16.3 Å². The lowest BCUT2D eigenvalue weighted by atomic mass is 9.93. The molecule has 0 aromatic heterocycles. The molecule has 35 heavy (non-hydrogen) atoms. The summed E-state index contributed by atoms with van der Waals surface area (Å²) in [6.45, 7) is 3.61. The maximum Gasteiger partial charge on any atom is 0.244 e. The molecular formula is C25H38Cl2N6O2. The second kappa shape index (κ2) is 12.9. The Hall–Kier alpha value is -1.93. The molecule has 3 aliphatic rings. The van der Waals surface area contributed by atoms with Crippen molar-refractivity contribution in [2.24, 2.45) is 15.3 Å². The molecule has 2 amide bonds. The van der Waals surface area contributed by atoms with Crippen molar-refractivity contribution in [3.63, 3.8) is 0 Å². The molecule has 3 atom stereocenters. The van der Waals surface area contributed by atoms with Crippen LogP contribution in [0.3, 0.4) is 0 Å². The van der Waals surface area contributed by atoms with Gasteiger partial charge in [0.15, 0.2) is 5.84 Å². The number of nitrogens with zero attached hydrogens (tertiary/aromatic N) is 4. The molecule has 0 aliphatic heterocycles. The van der Waals surface area contributed by atoms with Crippen LogP contribution in [0, 0.1) is 0 Å². The monoisotopic (exact) mass is 524 g/mol. The minimum absolute atomic E-state index is 0.0468. The van der Waals surface area contributed by atoms with E-state index in [2.05, 4.69) is 26.1 Å². The van der Waals surface area contributed by atoms with Crippen molar-refractivity contribution in [2.45, 2.75) is 100 Å². The number of rotatable bonds is 8. The largest absolute Gasteiger partial charge is 0.352 e. The molecule has 2 saturated carbocycles. The highest BCUT2D eigenvalue weighted by Crippen LogP contribution is 2.32. The van der Waals surface area contributed by atoms with Crippen molar-refractivity contribution < 1.29 is 9.59 Å². The lowest BCUT2D eigenvalue weighted by Crippen LogP contribution is -2.55. The number of carbonyl (C=O) groups is 2. The molecule has 2 N–H and O–H groups in total. The Balaban J connectivity index is 1.69. The van der Waals surface area contributed by atoms with E-state index in [1.807, 2.05) is 13.8 Å². The molecule has 0 bridgehead atoms. The van der Waals surface area contributed by atoms with Crippen LogP contribution in [0.25, 0.3) is 0 Å². The van der Waals surface area contributed by atoms with Crippen LogP contribution in [0.1, 0.15) is 71.6 Å². The van der Waals surface area contributed by atoms with E-state index in [-0.39, 0.29) is 30.4 Å². The Kier molecular flexibility index (Phi) is 10.2. The van der Waals surface area contributed by atoms with Crippen molar-refractivity contribution in [3.05, 3.63) is 23.8 Å². The predicted octanol–water partition coefficient (Wildman–Crippen LogP) is 4.68. The molecule has 0 aromatic carbocycles. The van der Waals surface area contributed by atoms with Gasteiger partial charge in [-0.3, -0.25) is 15.0 Å². The number of hydrazone groups is 1. The van der Waals surface area contributed by atoms with Crippen LogP contribution in [0.4, 0.5) is 0 Å². The van der Waals surface area contributed by atoms with E-state index in [4.69, 9.17) is 23.2 Å². The van der Waals surface area contributed by atoms with E-state index in [9.17, 15) is 9.59 Å². The molecule has 3 unspecified atom stereocenters. The van der Waals surface area contributed by atoms with Gasteiger partial charge in [0.25, 0.3) is 0 Å². The van der Waals surface area contributed by atoms with Crippen LogP contribution in [-0.4, -0.2) is 64.5 Å². The summed E-state index contributed by atoms with van der Waals surface area (Å²) >= 11 is 12.8. The Morgan fingerprint density at radius 3 is 2.46 bits per heavy atom. The highest BCUT2D eigenvalue weighted by molar-refractivity contribution is 6.34. The molecule has 194 valence electrons. The summed E-state index contributed by atoms with van der Waals surface area (Å²) in [4.78, 5) is 27.5. The first-order chi connectivity index (χ1) is 16.7. The van der Waals surface area contributed by atoms with Gasteiger partial charge in [0.2, 0.25) is 11.8 Å². The number of nitrogens with one attached hydrogen (secondary N) is 2. The van der Waals surface area contributed by atoms with Crippen LogP contribution in [0.15, 0.2) is 39.1 Å². The maximum atomic E-state index is 13.4. The van der Waals surface area contributed by atoms with Gasteiger partial charge < -0.3 is 10.2 Å². The highest BCUT2D eigenvalue weighted by atomic mass is 35.5. The first kappa shape index (κ1) is 27.7. The summed E-state index contributed by atoms with van der Waals surface area (Å²) in [6, 6.07) is -0.256. The molecule has 3 aliphatic carbocycles. The van der Waals surface area contributed by atoms with Gasteiger partial charge in [-0.2, -0.15) is 10.2 Å². The zero-order chi connectivity index (χ0) is 25.4. The lowest BCUT2D eigenvalue weighted by molar-refractivity contribution is -0.143. The molecule has 0 spiro atoms. The average Bonchev–Trinajstić information content (AvgIpc) is 3.34. The maximum absolute atomic E-state index is 13.4. The zero-order valence-electron chi connectivity index (χ0n) is 21.0. The Morgan fingerprint density at radius 1 is 1.17 bits per heavy atom. The zero-order valence-corrected chi connectivity index (χ0v) is 22.5. The minimum atomic E-state index is -0.696. The summed E-state index contributed by atoms with van der Waals surface area (Å²) in [7, 11) is 1.55. The van der Waals surface area contributed by atoms with Crippen molar-refractivity contribution in [1.82, 2.24) is 15.6 Å². The molecular weight excluding hydrogens is 487 g/mol. The number of alkyl halides is 2. The molecule has 0 radical (unpaired) electrons. The number of hydrogen-bond acceptors (Lipinski definition) is 5. The fourth-order valence-corrected chi connectivity index (χ4v) is 5.33. The van der Waals surface area contributed by atoms with E-state index in [1.165, 1.54) is 6.42 Å². The van der Waals surface area contributed by atoms with Crippen molar-refractivity contribution in [3.8, 4) is 0 Å². The molecule has 3 rings (SSSR count). The first-order valence-electron chi connectivity index (χ1n) is 12.7. The van der Waals surface area contributed by atoms with E-state index in [0.29, 0.717) is 11.4 Å². The lowest BCUT2D eigenvalue weighted by Gasteiger charge is -2.38. The SMILES string of the molecule is CN=N/C(=N\NCC(=O)N(C1CCCCC1)C(C)C(=O)NC1CCCC1)C1=CC(Cl)C(C)(Cl)C=C1. The normalized spacial score (nSPS) is 27.1. The fourth-order valence-electron chi connectivity index (χ4n) is 5.00. The fraction of sp³-hybridized carbons (Fsp3) is 0.720. The second-order valence-corrected chi connectivity index (χ2v) is 11.1. The Labute approximate surface area is 218 Å². The van der Waals surface area contributed by atoms with E-state index in [1.54, 1.807) is 30.2 Å². The van der Waals surface area contributed by atoms with E-state index in [0.717, 1.165) is 51.4 Å². The number of azo groups is 1. The predicted molar refractivity (Wildman–Crippen MR) is 141 cm³/mol. The van der Waals surface area contributed by atoms with Crippen LogP contribution in [0.5, 0.6) is 0 Å². The van der Waals surface area contributed by atoms with Gasteiger partial charge in [-0.25, -0.2) is 0 Å². The average molecular weight is 526 g/mol. The molecule has 0 aromatic rings. The highest BCUT2D eigenvalue weighted by Gasteiger charge is 2.34. The van der Waals surface area contributed by atoms with Gasteiger partial charge in [0, 0.05) is 24.7 Å². The standard InChI is InChI=1S/C25H38Cl2N6O2/c1-17(24(35)30-19-9-7-8-10-19)33(20-11-5-4-6-12-20)22(34)16-29-32-23(31-28-3)18-13-14-25(2,27)21(26)15-18/h13-15,17,19-21,29H,4-12,16H2,1-3H3,(H,30,35)/b31-28?,32-23-. The van der Waals surface area contributed by atoms with Gasteiger partial charge in [-0.15, -0.1) is 28.3 Å². The third-order valence-electron chi connectivity index (χ3n) is 7.08. The van der Waals surface area contributed by atoms with Gasteiger partial charge in [-0.1, -0.05) is 50.3 Å². The molecule has 2 fully saturated rings. The number of carbonyl (C=O) groups excluding carboxylic acids is 2. The van der Waals surface area contributed by atoms with Gasteiger partial charge in [-0.05, 0) is 39.5 Å². The van der Waals surface area contributed by atoms with Gasteiger partial charge in [0.05, 0.1) is 10.3 Å². The number of hydrogen-bond donors (Lipinski definition) is 2. The molecule has 8 nitrogen and oxygen atoms in total. The summed E-state index contributed by atoms with van der Waals surface area (Å²) in [5, 5.41) is 14.9. The minimum Gasteiger partial charge on any atom is -0.352 e. The van der Waals surface area contributed by atoms with E-state index >= 15 is 0 Å². The van der Waals surface area contributed by atoms with Crippen LogP contribution >= 0.6 is 23.2 Å². The number of amidine groups is 1. The third-order valence-corrected chi connectivity index (χ3v) is 8.13. The second-order valence-electron chi connectivity index (χ2n) is 9.84. The van der Waals surface area contributed by atoms with Gasteiger partial charge >= 0.3 is 0 Å². The summed E-state index contributed by atoms with van der Waals surface area (Å²) in [5.41, 5.74) is 3.52. The topological polar surface area (TPSA) is 98.5 Å². The van der Waals surface area contributed by atoms with Crippen LogP contribution < -0.4 is 10.7 Å². The van der Waals surface area contributed by atoms with Crippen LogP contribution in [-0.2, 0) is 9.59 Å². The number of amides is 2. The molecule has 0 saturated heterocycles. The van der Waals surface area contributed by atoms with Crippen molar-refractivity contribution >= 4 is 40.9 Å². The van der Waals surface area contributed by atoms with Gasteiger partial charge in [0.1, 0.15) is 12.6 Å². The van der Waals surface area contributed by atoms with Crippen molar-refractivity contribution in [1.29, 1.82) is 0 Å². The third kappa shape index (κ3) is 7.53. The van der Waals surface area contributed by atoms with Crippen LogP contribution in [0.2, 0.25) is 0 Å². The first-order valence-corrected chi connectivity index (χ1v) is 13.5. The number of halogens is 2.